The van der Waals surface area contributed by atoms with Crippen molar-refractivity contribution in [3.05, 3.63) is 75.7 Å². The summed E-state index contributed by atoms with van der Waals surface area (Å²) in [6.45, 7) is 6.06. The van der Waals surface area contributed by atoms with Crippen LogP contribution in [0.15, 0.2) is 58.6 Å². The van der Waals surface area contributed by atoms with E-state index in [0.717, 1.165) is 22.5 Å². The molecular formula is C24H23N5O2S. The molecule has 0 fully saturated rings. The number of hydrogen-bond donors (Lipinski definition) is 1. The molecule has 1 unspecified atom stereocenters. The molecule has 1 aliphatic rings. The highest BCUT2D eigenvalue weighted by Crippen LogP contribution is 2.33. The van der Waals surface area contributed by atoms with Crippen LogP contribution in [0.1, 0.15) is 29.2 Å². The Morgan fingerprint density at radius 3 is 2.72 bits per heavy atom. The van der Waals surface area contributed by atoms with Crippen LogP contribution < -0.4 is 10.9 Å². The minimum atomic E-state index is -0.243. The van der Waals surface area contributed by atoms with Crippen LogP contribution in [0, 0.1) is 20.8 Å². The normalized spacial score (nSPS) is 15.2. The minimum Gasteiger partial charge on any atom is -0.326 e. The molecule has 7 nitrogen and oxygen atoms in total. The fourth-order valence-electron chi connectivity index (χ4n) is 4.00. The summed E-state index contributed by atoms with van der Waals surface area (Å²) in [6, 6.07) is 13.5. The Labute approximate surface area is 189 Å². The molecule has 0 spiro atoms. The molecule has 1 amide bonds. The molecule has 0 aliphatic carbocycles. The number of benzene rings is 2. The van der Waals surface area contributed by atoms with Gasteiger partial charge in [0.05, 0.1) is 17.9 Å². The highest BCUT2D eigenvalue weighted by atomic mass is 32.2. The van der Waals surface area contributed by atoms with E-state index in [1.165, 1.54) is 17.3 Å². The number of carbonyl (C=O) groups is 1. The van der Waals surface area contributed by atoms with Crippen molar-refractivity contribution in [1.29, 1.82) is 0 Å². The Bertz CT molecular complexity index is 1420. The maximum absolute atomic E-state index is 13.3. The molecule has 3 heterocycles. The van der Waals surface area contributed by atoms with Gasteiger partial charge in [0.2, 0.25) is 5.91 Å². The lowest BCUT2D eigenvalue weighted by molar-refractivity contribution is -0.116. The van der Waals surface area contributed by atoms with Gasteiger partial charge < -0.3 is 5.32 Å². The third-order valence-electron chi connectivity index (χ3n) is 5.93. The highest BCUT2D eigenvalue weighted by molar-refractivity contribution is 7.99. The van der Waals surface area contributed by atoms with E-state index >= 15 is 0 Å². The molecule has 162 valence electrons. The van der Waals surface area contributed by atoms with E-state index in [2.05, 4.69) is 10.4 Å². The Hall–Kier alpha value is -3.39. The van der Waals surface area contributed by atoms with Gasteiger partial charge in [-0.05, 0) is 55.7 Å². The number of nitrogens with zero attached hydrogens (tertiary/aromatic N) is 4. The molecule has 0 bridgehead atoms. The number of nitrogens with one attached hydrogen (secondary N) is 1. The molecule has 1 atom stereocenters. The summed E-state index contributed by atoms with van der Waals surface area (Å²) in [4.78, 5) is 30.8. The van der Waals surface area contributed by atoms with Gasteiger partial charge >= 0.3 is 0 Å². The minimum absolute atomic E-state index is 0.116. The van der Waals surface area contributed by atoms with Crippen LogP contribution >= 0.6 is 11.8 Å². The highest BCUT2D eigenvalue weighted by Gasteiger charge is 2.29. The predicted octanol–water partition coefficient (Wildman–Crippen LogP) is 4.18. The van der Waals surface area contributed by atoms with Gasteiger partial charge in [0, 0.05) is 17.9 Å². The topological polar surface area (TPSA) is 81.8 Å². The lowest BCUT2D eigenvalue weighted by Gasteiger charge is -2.14. The van der Waals surface area contributed by atoms with Crippen molar-refractivity contribution in [2.24, 2.45) is 0 Å². The van der Waals surface area contributed by atoms with Crippen molar-refractivity contribution in [3.63, 3.8) is 0 Å². The number of carbonyl (C=O) groups excluding carboxylic acids is 1. The molecule has 4 aromatic rings. The zero-order valence-corrected chi connectivity index (χ0v) is 18.9. The SMILES string of the molecule is Cc1ccc(NC(=O)CC2CSc3nc4c(cnn4-c4ccccc4C)c(=O)n32)cc1C. The summed E-state index contributed by atoms with van der Waals surface area (Å²) in [5, 5.41) is 8.48. The van der Waals surface area contributed by atoms with Crippen LogP contribution in [0.2, 0.25) is 0 Å². The molecule has 1 N–H and O–H groups in total. The monoisotopic (exact) mass is 445 g/mol. The number of fused-ring (bicyclic) bond motifs is 2. The van der Waals surface area contributed by atoms with Gasteiger partial charge in [0.25, 0.3) is 5.56 Å². The first-order valence-electron chi connectivity index (χ1n) is 10.5. The van der Waals surface area contributed by atoms with E-state index in [4.69, 9.17) is 4.98 Å². The number of para-hydroxylation sites is 1. The summed E-state index contributed by atoms with van der Waals surface area (Å²) in [6.07, 6.45) is 1.78. The Morgan fingerprint density at radius 1 is 1.12 bits per heavy atom. The van der Waals surface area contributed by atoms with Gasteiger partial charge in [-0.3, -0.25) is 14.2 Å². The quantitative estimate of drug-likeness (QED) is 0.477. The zero-order chi connectivity index (χ0) is 22.4. The number of aromatic nitrogens is 4. The summed E-state index contributed by atoms with van der Waals surface area (Å²) in [5.74, 6) is 0.516. The van der Waals surface area contributed by atoms with Crippen molar-refractivity contribution in [3.8, 4) is 5.69 Å². The third kappa shape index (κ3) is 3.50. The van der Waals surface area contributed by atoms with Gasteiger partial charge in [-0.15, -0.1) is 0 Å². The standard InChI is InChI=1S/C24H23N5O2S/c1-14-8-9-17(10-16(14)3)26-21(30)11-18-13-32-24-27-22-19(23(31)28(18)24)12-25-29(22)20-7-5-4-6-15(20)2/h4-10,12,18H,11,13H2,1-3H3,(H,26,30). The molecule has 2 aromatic carbocycles. The van der Waals surface area contributed by atoms with Crippen molar-refractivity contribution in [1.82, 2.24) is 19.3 Å². The summed E-state index contributed by atoms with van der Waals surface area (Å²) in [7, 11) is 0. The van der Waals surface area contributed by atoms with Crippen molar-refractivity contribution in [2.75, 3.05) is 11.1 Å². The first kappa shape index (κ1) is 20.5. The number of amides is 1. The molecule has 5 rings (SSSR count). The van der Waals surface area contributed by atoms with E-state index < -0.39 is 0 Å². The van der Waals surface area contributed by atoms with Crippen LogP contribution in [0.3, 0.4) is 0 Å². The maximum atomic E-state index is 13.3. The van der Waals surface area contributed by atoms with Gasteiger partial charge in [-0.25, -0.2) is 9.67 Å². The fraction of sp³-hybridized carbons (Fsp3) is 0.250. The van der Waals surface area contributed by atoms with E-state index in [1.54, 1.807) is 15.4 Å². The van der Waals surface area contributed by atoms with Crippen LogP contribution in [0.5, 0.6) is 0 Å². The van der Waals surface area contributed by atoms with E-state index in [9.17, 15) is 9.59 Å². The molecule has 0 radical (unpaired) electrons. The maximum Gasteiger partial charge on any atom is 0.265 e. The van der Waals surface area contributed by atoms with Crippen molar-refractivity contribution in [2.45, 2.75) is 38.4 Å². The second-order valence-electron chi connectivity index (χ2n) is 8.17. The van der Waals surface area contributed by atoms with Crippen LogP contribution in [-0.4, -0.2) is 31.0 Å². The largest absolute Gasteiger partial charge is 0.326 e. The third-order valence-corrected chi connectivity index (χ3v) is 7.02. The zero-order valence-electron chi connectivity index (χ0n) is 18.1. The second kappa shape index (κ2) is 7.94. The lowest BCUT2D eigenvalue weighted by Crippen LogP contribution is -2.27. The average molecular weight is 446 g/mol. The van der Waals surface area contributed by atoms with E-state index in [0.29, 0.717) is 21.9 Å². The Kier molecular flexibility index (Phi) is 5.09. The van der Waals surface area contributed by atoms with Crippen molar-refractivity contribution < 1.29 is 4.79 Å². The van der Waals surface area contributed by atoms with Crippen LogP contribution in [-0.2, 0) is 4.79 Å². The summed E-state index contributed by atoms with van der Waals surface area (Å²) in [5.41, 5.74) is 5.40. The van der Waals surface area contributed by atoms with Gasteiger partial charge in [-0.2, -0.15) is 5.10 Å². The number of rotatable bonds is 4. The van der Waals surface area contributed by atoms with E-state index in [-0.39, 0.29) is 23.9 Å². The van der Waals surface area contributed by atoms with E-state index in [1.807, 2.05) is 63.2 Å². The van der Waals surface area contributed by atoms with Gasteiger partial charge in [0.15, 0.2) is 10.8 Å². The average Bonchev–Trinajstić information content (AvgIpc) is 3.36. The Morgan fingerprint density at radius 2 is 1.94 bits per heavy atom. The molecule has 0 saturated heterocycles. The number of thioether (sulfide) groups is 1. The first-order valence-corrected chi connectivity index (χ1v) is 11.5. The second-order valence-corrected chi connectivity index (χ2v) is 9.15. The number of anilines is 1. The molecule has 32 heavy (non-hydrogen) atoms. The Balaban J connectivity index is 1.44. The lowest BCUT2D eigenvalue weighted by atomic mass is 10.1. The smallest absolute Gasteiger partial charge is 0.265 e. The molecule has 2 aromatic heterocycles. The number of aryl methyl sites for hydroxylation is 3. The van der Waals surface area contributed by atoms with Gasteiger partial charge in [0.1, 0.15) is 5.39 Å². The molecule has 0 saturated carbocycles. The predicted molar refractivity (Wildman–Crippen MR) is 127 cm³/mol. The van der Waals surface area contributed by atoms with Gasteiger partial charge in [-0.1, -0.05) is 36.0 Å². The fourth-order valence-corrected chi connectivity index (χ4v) is 5.13. The molecular weight excluding hydrogens is 422 g/mol. The van der Waals surface area contributed by atoms with Crippen LogP contribution in [0.25, 0.3) is 16.7 Å². The summed E-state index contributed by atoms with van der Waals surface area (Å²) >= 11 is 1.50. The molecule has 1 aliphatic heterocycles. The van der Waals surface area contributed by atoms with Crippen LogP contribution in [0.4, 0.5) is 5.69 Å². The van der Waals surface area contributed by atoms with Crippen molar-refractivity contribution >= 4 is 34.4 Å². The first-order chi connectivity index (χ1) is 15.4. The summed E-state index contributed by atoms with van der Waals surface area (Å²) < 4.78 is 3.37. The molecule has 8 heteroatoms. The number of hydrogen-bond acceptors (Lipinski definition) is 5.